The van der Waals surface area contributed by atoms with Crippen LogP contribution in [-0.2, 0) is 10.4 Å². The Morgan fingerprint density at radius 2 is 1.94 bits per heavy atom. The number of rotatable bonds is 4. The molecule has 0 radical (unpaired) electrons. The van der Waals surface area contributed by atoms with E-state index in [2.05, 4.69) is 10.3 Å². The van der Waals surface area contributed by atoms with Gasteiger partial charge in [-0.15, -0.1) is 0 Å². The summed E-state index contributed by atoms with van der Waals surface area (Å²) in [6, 6.07) is 5.30. The van der Waals surface area contributed by atoms with Crippen molar-refractivity contribution in [2.75, 3.05) is 0 Å². The summed E-state index contributed by atoms with van der Waals surface area (Å²) in [6.45, 7) is 8.97. The van der Waals surface area contributed by atoms with Crippen LogP contribution in [0.5, 0.6) is 0 Å². The summed E-state index contributed by atoms with van der Waals surface area (Å²) in [5.74, 6) is -0.0529. The summed E-state index contributed by atoms with van der Waals surface area (Å²) < 4.78 is 0. The molecule has 0 aliphatic carbocycles. The highest BCUT2D eigenvalue weighted by molar-refractivity contribution is 5.78. The van der Waals surface area contributed by atoms with Crippen LogP contribution >= 0.6 is 0 Å². The van der Waals surface area contributed by atoms with Crippen LogP contribution in [0.3, 0.4) is 0 Å². The van der Waals surface area contributed by atoms with Crippen molar-refractivity contribution < 1.29 is 9.90 Å². The van der Waals surface area contributed by atoms with Gasteiger partial charge in [-0.2, -0.15) is 0 Å². The maximum atomic E-state index is 11.6. The summed E-state index contributed by atoms with van der Waals surface area (Å²) in [7, 11) is 0. The molecule has 2 N–H and O–H groups in total. The lowest BCUT2D eigenvalue weighted by Gasteiger charge is -2.20. The van der Waals surface area contributed by atoms with Crippen LogP contribution in [0.15, 0.2) is 18.2 Å². The molecule has 0 saturated carbocycles. The van der Waals surface area contributed by atoms with E-state index in [-0.39, 0.29) is 17.9 Å². The fourth-order valence-corrected chi connectivity index (χ4v) is 1.49. The van der Waals surface area contributed by atoms with Crippen molar-refractivity contribution in [2.45, 2.75) is 46.3 Å². The second kappa shape index (κ2) is 5.48. The molecule has 0 aliphatic rings. The third-order valence-corrected chi connectivity index (χ3v) is 2.72. The third-order valence-electron chi connectivity index (χ3n) is 2.72. The highest BCUT2D eigenvalue weighted by atomic mass is 16.3. The van der Waals surface area contributed by atoms with Gasteiger partial charge in [0.25, 0.3) is 0 Å². The molecular weight excluding hydrogens is 228 g/mol. The van der Waals surface area contributed by atoms with Gasteiger partial charge >= 0.3 is 0 Å². The largest absolute Gasteiger partial charge is 0.384 e. The lowest BCUT2D eigenvalue weighted by molar-refractivity contribution is -0.124. The van der Waals surface area contributed by atoms with Gasteiger partial charge in [0, 0.05) is 5.92 Å². The zero-order valence-electron chi connectivity index (χ0n) is 11.7. The second-order valence-corrected chi connectivity index (χ2v) is 5.39. The Bertz CT molecular complexity index is 422. The molecule has 100 valence electrons. The zero-order chi connectivity index (χ0) is 13.9. The van der Waals surface area contributed by atoms with Crippen LogP contribution < -0.4 is 5.32 Å². The predicted molar refractivity (Wildman–Crippen MR) is 70.9 cm³/mol. The molecule has 4 heteroatoms. The molecule has 1 heterocycles. The number of nitrogens with one attached hydrogen (secondary N) is 1. The number of pyridine rings is 1. The number of hydrogen-bond acceptors (Lipinski definition) is 3. The van der Waals surface area contributed by atoms with E-state index in [0.29, 0.717) is 5.69 Å². The minimum atomic E-state index is -0.974. The molecule has 0 spiro atoms. The molecule has 0 bridgehead atoms. The molecule has 0 aliphatic heterocycles. The van der Waals surface area contributed by atoms with Crippen molar-refractivity contribution >= 4 is 5.91 Å². The van der Waals surface area contributed by atoms with Gasteiger partial charge < -0.3 is 10.4 Å². The van der Waals surface area contributed by atoms with Gasteiger partial charge in [-0.3, -0.25) is 9.78 Å². The Labute approximate surface area is 108 Å². The average molecular weight is 250 g/mol. The lowest BCUT2D eigenvalue weighted by Crippen LogP contribution is -2.31. The molecule has 1 unspecified atom stereocenters. The molecular formula is C14H22N2O2. The third kappa shape index (κ3) is 3.81. The van der Waals surface area contributed by atoms with E-state index in [1.165, 1.54) is 0 Å². The first-order chi connectivity index (χ1) is 8.21. The van der Waals surface area contributed by atoms with Crippen LogP contribution in [-0.4, -0.2) is 16.0 Å². The molecule has 0 aromatic carbocycles. The van der Waals surface area contributed by atoms with E-state index in [1.807, 2.05) is 32.9 Å². The lowest BCUT2D eigenvalue weighted by atomic mass is 10.0. The Kier molecular flexibility index (Phi) is 4.46. The van der Waals surface area contributed by atoms with Crippen LogP contribution in [0, 0.1) is 5.92 Å². The molecule has 1 amide bonds. The Morgan fingerprint density at radius 3 is 2.44 bits per heavy atom. The Hall–Kier alpha value is -1.42. The first-order valence-electron chi connectivity index (χ1n) is 6.22. The van der Waals surface area contributed by atoms with Crippen LogP contribution in [0.2, 0.25) is 0 Å². The molecule has 1 aromatic rings. The molecule has 18 heavy (non-hydrogen) atoms. The van der Waals surface area contributed by atoms with E-state index < -0.39 is 5.60 Å². The van der Waals surface area contributed by atoms with E-state index in [9.17, 15) is 9.90 Å². The van der Waals surface area contributed by atoms with Crippen molar-refractivity contribution in [1.82, 2.24) is 10.3 Å². The van der Waals surface area contributed by atoms with E-state index in [0.717, 1.165) is 5.69 Å². The molecule has 1 aromatic heterocycles. The topological polar surface area (TPSA) is 62.2 Å². The van der Waals surface area contributed by atoms with E-state index in [1.54, 1.807) is 19.9 Å². The Balaban J connectivity index is 2.87. The second-order valence-electron chi connectivity index (χ2n) is 5.39. The maximum Gasteiger partial charge on any atom is 0.223 e. The zero-order valence-corrected chi connectivity index (χ0v) is 11.7. The summed E-state index contributed by atoms with van der Waals surface area (Å²) in [6.07, 6.45) is 0. The number of aromatic nitrogens is 1. The average Bonchev–Trinajstić information content (AvgIpc) is 2.27. The molecule has 1 atom stereocenters. The highest BCUT2D eigenvalue weighted by Gasteiger charge is 2.19. The van der Waals surface area contributed by atoms with Crippen molar-refractivity contribution in [3.8, 4) is 0 Å². The van der Waals surface area contributed by atoms with Crippen molar-refractivity contribution in [1.29, 1.82) is 0 Å². The first-order valence-corrected chi connectivity index (χ1v) is 6.22. The van der Waals surface area contributed by atoms with Crippen LogP contribution in [0.1, 0.15) is 52.0 Å². The summed E-state index contributed by atoms with van der Waals surface area (Å²) >= 11 is 0. The minimum absolute atomic E-state index is 0.00189. The SMILES string of the molecule is CC(C)C(=O)NC(C)c1cccc(C(C)(C)O)n1. The van der Waals surface area contributed by atoms with E-state index >= 15 is 0 Å². The van der Waals surface area contributed by atoms with Gasteiger partial charge in [0.05, 0.1) is 17.4 Å². The fourth-order valence-electron chi connectivity index (χ4n) is 1.49. The van der Waals surface area contributed by atoms with Crippen molar-refractivity contribution in [3.05, 3.63) is 29.6 Å². The van der Waals surface area contributed by atoms with Gasteiger partial charge in [-0.25, -0.2) is 0 Å². The minimum Gasteiger partial charge on any atom is -0.384 e. The quantitative estimate of drug-likeness (QED) is 0.860. The van der Waals surface area contributed by atoms with Gasteiger partial charge in [0.2, 0.25) is 5.91 Å². The van der Waals surface area contributed by atoms with Crippen molar-refractivity contribution in [3.63, 3.8) is 0 Å². The summed E-state index contributed by atoms with van der Waals surface area (Å²) in [5, 5.41) is 12.8. The monoisotopic (exact) mass is 250 g/mol. The maximum absolute atomic E-state index is 11.6. The number of carbonyl (C=O) groups is 1. The number of aliphatic hydroxyl groups is 1. The molecule has 0 saturated heterocycles. The summed E-state index contributed by atoms with van der Waals surface area (Å²) in [4.78, 5) is 16.0. The first kappa shape index (κ1) is 14.6. The summed E-state index contributed by atoms with van der Waals surface area (Å²) in [5.41, 5.74) is 0.381. The molecule has 4 nitrogen and oxygen atoms in total. The predicted octanol–water partition coefficient (Wildman–Crippen LogP) is 2.14. The van der Waals surface area contributed by atoms with Gasteiger partial charge in [-0.1, -0.05) is 19.9 Å². The molecule has 0 fully saturated rings. The highest BCUT2D eigenvalue weighted by Crippen LogP contribution is 2.19. The smallest absolute Gasteiger partial charge is 0.223 e. The molecule has 1 rings (SSSR count). The standard InChI is InChI=1S/C14H22N2O2/c1-9(2)13(17)15-10(3)11-7-6-8-12(16-11)14(4,5)18/h6-10,18H,1-5H3,(H,15,17). The van der Waals surface area contributed by atoms with E-state index in [4.69, 9.17) is 0 Å². The number of nitrogens with zero attached hydrogens (tertiary/aromatic N) is 1. The van der Waals surface area contributed by atoms with Crippen LogP contribution in [0.4, 0.5) is 0 Å². The fraction of sp³-hybridized carbons (Fsp3) is 0.571. The van der Waals surface area contributed by atoms with Crippen molar-refractivity contribution in [2.24, 2.45) is 5.92 Å². The van der Waals surface area contributed by atoms with Crippen LogP contribution in [0.25, 0.3) is 0 Å². The number of carbonyl (C=O) groups excluding carboxylic acids is 1. The number of amides is 1. The van der Waals surface area contributed by atoms with Gasteiger partial charge in [-0.05, 0) is 32.9 Å². The van der Waals surface area contributed by atoms with Gasteiger partial charge in [0.15, 0.2) is 0 Å². The normalized spacial score (nSPS) is 13.5. The van der Waals surface area contributed by atoms with Gasteiger partial charge in [0.1, 0.15) is 5.60 Å². The Morgan fingerprint density at radius 1 is 1.33 bits per heavy atom. The number of hydrogen-bond donors (Lipinski definition) is 2.